The fourth-order valence-corrected chi connectivity index (χ4v) is 5.28. The van der Waals surface area contributed by atoms with E-state index in [0.717, 1.165) is 18.7 Å². The molecule has 0 bridgehead atoms. The molecule has 0 spiro atoms. The number of carbonyl (C=O) groups is 1. The summed E-state index contributed by atoms with van der Waals surface area (Å²) in [5.74, 6) is 1.01. The van der Waals surface area contributed by atoms with Crippen LogP contribution in [0.1, 0.15) is 39.4 Å². The van der Waals surface area contributed by atoms with Crippen molar-refractivity contribution in [1.82, 2.24) is 20.1 Å². The van der Waals surface area contributed by atoms with Gasteiger partial charge in [-0.25, -0.2) is 13.4 Å². The molecule has 130 valence electrons. The summed E-state index contributed by atoms with van der Waals surface area (Å²) in [7, 11) is -3.00. The topological polar surface area (TPSA) is 96.0 Å². The number of carbonyl (C=O) groups excluding carboxylic acids is 1. The molecule has 1 amide bonds. The van der Waals surface area contributed by atoms with Gasteiger partial charge < -0.3 is 4.90 Å². The fraction of sp³-hybridized carbons (Fsp3) is 0.786. The standard InChI is InChI=1S/C14H24N4O3S2/c1-4-6-12-15-14(17-16-12)22-10(3)13(19)18(5-2)11-7-8-23(20,21)9-11/h10-11H,4-9H2,1-3H3,(H,15,16,17). The summed E-state index contributed by atoms with van der Waals surface area (Å²) in [6, 6.07) is -0.205. The van der Waals surface area contributed by atoms with E-state index in [1.807, 2.05) is 13.8 Å². The number of nitrogens with zero attached hydrogens (tertiary/aromatic N) is 3. The van der Waals surface area contributed by atoms with Gasteiger partial charge in [0.05, 0.1) is 16.8 Å². The molecule has 2 rings (SSSR count). The number of hydrogen-bond donors (Lipinski definition) is 1. The Hall–Kier alpha value is -1.09. The van der Waals surface area contributed by atoms with Crippen molar-refractivity contribution in [2.75, 3.05) is 18.1 Å². The number of H-pyrrole nitrogens is 1. The highest BCUT2D eigenvalue weighted by Gasteiger charge is 2.35. The molecule has 0 saturated carbocycles. The average molecular weight is 361 g/mol. The van der Waals surface area contributed by atoms with E-state index in [1.54, 1.807) is 4.90 Å². The highest BCUT2D eigenvalue weighted by molar-refractivity contribution is 8.00. The van der Waals surface area contributed by atoms with Crippen LogP contribution in [0.25, 0.3) is 0 Å². The third-order valence-electron chi connectivity index (χ3n) is 3.90. The van der Waals surface area contributed by atoms with Gasteiger partial charge in [0.15, 0.2) is 9.84 Å². The lowest BCUT2D eigenvalue weighted by Gasteiger charge is -2.29. The largest absolute Gasteiger partial charge is 0.338 e. The Balaban J connectivity index is 1.99. The lowest BCUT2D eigenvalue weighted by molar-refractivity contribution is -0.131. The van der Waals surface area contributed by atoms with Crippen molar-refractivity contribution < 1.29 is 13.2 Å². The van der Waals surface area contributed by atoms with Crippen LogP contribution >= 0.6 is 11.8 Å². The van der Waals surface area contributed by atoms with Gasteiger partial charge in [-0.15, -0.1) is 5.10 Å². The normalized spacial score (nSPS) is 21.3. The minimum absolute atomic E-state index is 0.0542. The van der Waals surface area contributed by atoms with Gasteiger partial charge in [-0.2, -0.15) is 0 Å². The molecule has 1 aromatic heterocycles. The van der Waals surface area contributed by atoms with E-state index in [0.29, 0.717) is 18.1 Å². The van der Waals surface area contributed by atoms with Crippen LogP contribution in [-0.4, -0.2) is 63.7 Å². The van der Waals surface area contributed by atoms with E-state index < -0.39 is 9.84 Å². The second kappa shape index (κ2) is 7.65. The quantitative estimate of drug-likeness (QED) is 0.736. The fourth-order valence-electron chi connectivity index (χ4n) is 2.74. The zero-order chi connectivity index (χ0) is 17.0. The molecule has 9 heteroatoms. The van der Waals surface area contributed by atoms with Gasteiger partial charge in [-0.1, -0.05) is 18.7 Å². The van der Waals surface area contributed by atoms with E-state index in [9.17, 15) is 13.2 Å². The second-order valence-electron chi connectivity index (χ2n) is 5.76. The van der Waals surface area contributed by atoms with Gasteiger partial charge >= 0.3 is 0 Å². The Labute approximate surface area is 141 Å². The van der Waals surface area contributed by atoms with Crippen molar-refractivity contribution in [2.24, 2.45) is 0 Å². The van der Waals surface area contributed by atoms with Crippen molar-refractivity contribution in [3.8, 4) is 0 Å². The van der Waals surface area contributed by atoms with Crippen LogP contribution in [0.2, 0.25) is 0 Å². The molecule has 2 atom stereocenters. The first kappa shape index (κ1) is 18.3. The minimum atomic E-state index is -3.00. The smallest absolute Gasteiger partial charge is 0.236 e. The van der Waals surface area contributed by atoms with Gasteiger partial charge in [0, 0.05) is 19.0 Å². The summed E-state index contributed by atoms with van der Waals surface area (Å²) >= 11 is 1.31. The zero-order valence-electron chi connectivity index (χ0n) is 13.8. The Morgan fingerprint density at radius 3 is 2.78 bits per heavy atom. The first-order valence-electron chi connectivity index (χ1n) is 7.95. The molecule has 0 aromatic carbocycles. The van der Waals surface area contributed by atoms with Crippen molar-refractivity contribution >= 4 is 27.5 Å². The number of rotatable bonds is 7. The maximum absolute atomic E-state index is 12.7. The van der Waals surface area contributed by atoms with Crippen LogP contribution in [0.5, 0.6) is 0 Å². The van der Waals surface area contributed by atoms with Crippen molar-refractivity contribution in [3.05, 3.63) is 5.82 Å². The van der Waals surface area contributed by atoms with Crippen molar-refractivity contribution in [3.63, 3.8) is 0 Å². The number of sulfone groups is 1. The first-order chi connectivity index (χ1) is 10.9. The van der Waals surface area contributed by atoms with Gasteiger partial charge in [0.25, 0.3) is 0 Å². The highest BCUT2D eigenvalue weighted by Crippen LogP contribution is 2.24. The van der Waals surface area contributed by atoms with Crippen LogP contribution in [-0.2, 0) is 21.1 Å². The molecular formula is C14H24N4O3S2. The number of aromatic nitrogens is 3. The van der Waals surface area contributed by atoms with Gasteiger partial charge in [0.2, 0.25) is 11.1 Å². The minimum Gasteiger partial charge on any atom is -0.338 e. The monoisotopic (exact) mass is 360 g/mol. The van der Waals surface area contributed by atoms with Gasteiger partial charge in [-0.05, 0) is 26.7 Å². The molecule has 1 saturated heterocycles. The van der Waals surface area contributed by atoms with E-state index in [-0.39, 0.29) is 28.7 Å². The van der Waals surface area contributed by atoms with E-state index >= 15 is 0 Å². The maximum atomic E-state index is 12.7. The SMILES string of the molecule is CCCc1nc(SC(C)C(=O)N(CC)C2CCS(=O)(=O)C2)n[nH]1. The molecule has 0 radical (unpaired) electrons. The molecule has 1 N–H and O–H groups in total. The van der Waals surface area contributed by atoms with E-state index in [1.165, 1.54) is 11.8 Å². The van der Waals surface area contributed by atoms with E-state index in [4.69, 9.17) is 0 Å². The summed E-state index contributed by atoms with van der Waals surface area (Å²) in [5, 5.41) is 7.21. The second-order valence-corrected chi connectivity index (χ2v) is 9.29. The summed E-state index contributed by atoms with van der Waals surface area (Å²) in [6.07, 6.45) is 2.34. The molecule has 7 nitrogen and oxygen atoms in total. The van der Waals surface area contributed by atoms with Gasteiger partial charge in [0.1, 0.15) is 5.82 Å². The lowest BCUT2D eigenvalue weighted by atomic mass is 10.2. The lowest BCUT2D eigenvalue weighted by Crippen LogP contribution is -2.44. The Morgan fingerprint density at radius 1 is 1.48 bits per heavy atom. The predicted molar refractivity (Wildman–Crippen MR) is 90.1 cm³/mol. The number of hydrogen-bond acceptors (Lipinski definition) is 6. The van der Waals surface area contributed by atoms with Crippen LogP contribution in [0.3, 0.4) is 0 Å². The summed E-state index contributed by atoms with van der Waals surface area (Å²) in [4.78, 5) is 18.7. The summed E-state index contributed by atoms with van der Waals surface area (Å²) in [6.45, 7) is 6.27. The van der Waals surface area contributed by atoms with Crippen LogP contribution in [0, 0.1) is 0 Å². The van der Waals surface area contributed by atoms with Crippen molar-refractivity contribution in [1.29, 1.82) is 0 Å². The average Bonchev–Trinajstić information content (AvgIpc) is 3.06. The number of aryl methyl sites for hydroxylation is 1. The summed E-state index contributed by atoms with van der Waals surface area (Å²) in [5.41, 5.74) is 0. The number of amides is 1. The highest BCUT2D eigenvalue weighted by atomic mass is 32.2. The maximum Gasteiger partial charge on any atom is 0.236 e. The van der Waals surface area contributed by atoms with Crippen LogP contribution < -0.4 is 0 Å². The third-order valence-corrected chi connectivity index (χ3v) is 6.60. The molecule has 1 fully saturated rings. The number of aromatic amines is 1. The predicted octanol–water partition coefficient (Wildman–Crippen LogP) is 1.27. The molecular weight excluding hydrogens is 336 g/mol. The van der Waals surface area contributed by atoms with Crippen LogP contribution in [0.4, 0.5) is 0 Å². The van der Waals surface area contributed by atoms with E-state index in [2.05, 4.69) is 22.1 Å². The van der Waals surface area contributed by atoms with Crippen molar-refractivity contribution in [2.45, 2.75) is 56.5 Å². The number of nitrogens with one attached hydrogen (secondary N) is 1. The number of thioether (sulfide) groups is 1. The first-order valence-corrected chi connectivity index (χ1v) is 10.6. The Morgan fingerprint density at radius 2 is 2.22 bits per heavy atom. The molecule has 2 unspecified atom stereocenters. The molecule has 1 aliphatic rings. The zero-order valence-corrected chi connectivity index (χ0v) is 15.4. The van der Waals surface area contributed by atoms with Crippen LogP contribution in [0.15, 0.2) is 5.16 Å². The molecule has 2 heterocycles. The third kappa shape index (κ3) is 4.69. The van der Waals surface area contributed by atoms with Gasteiger partial charge in [-0.3, -0.25) is 9.89 Å². The summed E-state index contributed by atoms with van der Waals surface area (Å²) < 4.78 is 23.3. The Bertz CT molecular complexity index is 644. The molecule has 1 aliphatic heterocycles. The molecule has 1 aromatic rings. The Kier molecular flexibility index (Phi) is 6.07. The molecule has 0 aliphatic carbocycles. The molecule has 23 heavy (non-hydrogen) atoms.